The summed E-state index contributed by atoms with van der Waals surface area (Å²) in [5.41, 5.74) is 7.63. The molecule has 0 radical (unpaired) electrons. The molecule has 3 N–H and O–H groups in total. The molecule has 3 rings (SSSR count). The van der Waals surface area contributed by atoms with Crippen molar-refractivity contribution in [3.63, 3.8) is 0 Å². The van der Waals surface area contributed by atoms with Crippen molar-refractivity contribution in [1.82, 2.24) is 0 Å². The second-order valence-corrected chi connectivity index (χ2v) is 7.15. The van der Waals surface area contributed by atoms with Gasteiger partial charge in [-0.3, -0.25) is 9.59 Å². The summed E-state index contributed by atoms with van der Waals surface area (Å²) >= 11 is 1.48. The first-order valence-corrected chi connectivity index (χ1v) is 9.40. The van der Waals surface area contributed by atoms with Crippen LogP contribution in [-0.2, 0) is 12.8 Å². The van der Waals surface area contributed by atoms with Gasteiger partial charge in [0.15, 0.2) is 0 Å². The molecule has 0 bridgehead atoms. The Morgan fingerprint density at radius 3 is 2.56 bits per heavy atom. The Morgan fingerprint density at radius 1 is 1.16 bits per heavy atom. The van der Waals surface area contributed by atoms with Gasteiger partial charge in [0.25, 0.3) is 11.8 Å². The number of carbonyl (C=O) groups is 2. The van der Waals surface area contributed by atoms with E-state index in [2.05, 4.69) is 5.32 Å². The molecule has 6 heteroatoms. The number of carbonyl (C=O) groups excluding carboxylic acids is 2. The van der Waals surface area contributed by atoms with Crippen LogP contribution in [0.25, 0.3) is 0 Å². The maximum absolute atomic E-state index is 12.5. The predicted molar refractivity (Wildman–Crippen MR) is 99.7 cm³/mol. The predicted octanol–water partition coefficient (Wildman–Crippen LogP) is 3.77. The number of primary amides is 1. The number of hydrogen-bond acceptors (Lipinski definition) is 4. The molecule has 1 aromatic heterocycles. The standard InChI is InChI=1S/C19H22N2O3S/c1-2-24-13-10-8-12(9-11-13)18(23)21-19-16(17(20)22)14-6-4-3-5-7-15(14)25-19/h8-11H,2-7H2,1H3,(H2,20,22)(H,21,23). The van der Waals surface area contributed by atoms with Crippen molar-refractivity contribution in [3.05, 3.63) is 45.8 Å². The number of nitrogens with two attached hydrogens (primary N) is 1. The van der Waals surface area contributed by atoms with Crippen LogP contribution >= 0.6 is 11.3 Å². The molecule has 0 fully saturated rings. The van der Waals surface area contributed by atoms with Gasteiger partial charge in [0.1, 0.15) is 10.8 Å². The third kappa shape index (κ3) is 3.85. The highest BCUT2D eigenvalue weighted by Crippen LogP contribution is 2.37. The number of nitrogens with one attached hydrogen (secondary N) is 1. The summed E-state index contributed by atoms with van der Waals surface area (Å²) in [5.74, 6) is 0.00284. The van der Waals surface area contributed by atoms with Crippen molar-refractivity contribution < 1.29 is 14.3 Å². The van der Waals surface area contributed by atoms with E-state index in [9.17, 15) is 9.59 Å². The Kier molecular flexibility index (Phi) is 5.38. The number of thiophene rings is 1. The van der Waals surface area contributed by atoms with Gasteiger partial charge >= 0.3 is 0 Å². The van der Waals surface area contributed by atoms with E-state index in [1.165, 1.54) is 16.2 Å². The van der Waals surface area contributed by atoms with Gasteiger partial charge in [-0.25, -0.2) is 0 Å². The summed E-state index contributed by atoms with van der Waals surface area (Å²) in [5, 5.41) is 3.44. The average Bonchev–Trinajstić information content (AvgIpc) is 2.77. The second kappa shape index (κ2) is 7.70. The zero-order valence-corrected chi connectivity index (χ0v) is 15.1. The average molecular weight is 358 g/mol. The Morgan fingerprint density at radius 2 is 1.88 bits per heavy atom. The van der Waals surface area contributed by atoms with Crippen molar-refractivity contribution in [2.45, 2.75) is 39.0 Å². The molecular formula is C19H22N2O3S. The van der Waals surface area contributed by atoms with Gasteiger partial charge < -0.3 is 15.8 Å². The minimum atomic E-state index is -0.471. The topological polar surface area (TPSA) is 81.4 Å². The van der Waals surface area contributed by atoms with Crippen LogP contribution in [0, 0.1) is 0 Å². The van der Waals surface area contributed by atoms with Crippen molar-refractivity contribution >= 4 is 28.2 Å². The molecule has 0 saturated heterocycles. The van der Waals surface area contributed by atoms with Crippen LogP contribution in [0.5, 0.6) is 5.75 Å². The number of hydrogen-bond donors (Lipinski definition) is 2. The molecule has 1 aromatic carbocycles. The van der Waals surface area contributed by atoms with Crippen molar-refractivity contribution in [1.29, 1.82) is 0 Å². The molecule has 1 heterocycles. The van der Waals surface area contributed by atoms with E-state index < -0.39 is 5.91 Å². The molecule has 132 valence electrons. The van der Waals surface area contributed by atoms with Crippen molar-refractivity contribution in [2.75, 3.05) is 11.9 Å². The van der Waals surface area contributed by atoms with Gasteiger partial charge in [-0.05, 0) is 62.4 Å². The number of fused-ring (bicyclic) bond motifs is 1. The molecule has 2 aromatic rings. The maximum Gasteiger partial charge on any atom is 0.256 e. The molecule has 5 nitrogen and oxygen atoms in total. The summed E-state index contributed by atoms with van der Waals surface area (Å²) in [6.45, 7) is 2.49. The van der Waals surface area contributed by atoms with Crippen LogP contribution in [-0.4, -0.2) is 18.4 Å². The molecule has 0 atom stereocenters. The molecule has 0 unspecified atom stereocenters. The van der Waals surface area contributed by atoms with Crippen LogP contribution in [0.15, 0.2) is 24.3 Å². The SMILES string of the molecule is CCOc1ccc(C(=O)Nc2sc3c(c2C(N)=O)CCCCC3)cc1. The zero-order valence-electron chi connectivity index (χ0n) is 14.3. The minimum absolute atomic E-state index is 0.248. The van der Waals surface area contributed by atoms with E-state index >= 15 is 0 Å². The fourth-order valence-corrected chi connectivity index (χ4v) is 4.43. The number of anilines is 1. The van der Waals surface area contributed by atoms with E-state index in [4.69, 9.17) is 10.5 Å². The lowest BCUT2D eigenvalue weighted by Gasteiger charge is -2.07. The number of benzene rings is 1. The van der Waals surface area contributed by atoms with Gasteiger partial charge in [0.05, 0.1) is 12.2 Å². The molecule has 25 heavy (non-hydrogen) atoms. The zero-order chi connectivity index (χ0) is 17.8. The van der Waals surface area contributed by atoms with Crippen LogP contribution in [0.2, 0.25) is 0 Å². The summed E-state index contributed by atoms with van der Waals surface area (Å²) in [6.07, 6.45) is 5.12. The largest absolute Gasteiger partial charge is 0.494 e. The molecule has 0 aliphatic heterocycles. The Labute approximate surface area is 151 Å². The van der Waals surface area contributed by atoms with E-state index in [0.717, 1.165) is 43.4 Å². The molecule has 0 saturated carbocycles. The molecule has 1 aliphatic rings. The van der Waals surface area contributed by atoms with Gasteiger partial charge in [-0.2, -0.15) is 0 Å². The van der Waals surface area contributed by atoms with Crippen molar-refractivity contribution in [3.8, 4) is 5.75 Å². The fourth-order valence-electron chi connectivity index (χ4n) is 3.14. The first-order valence-electron chi connectivity index (χ1n) is 8.58. The Balaban J connectivity index is 1.84. The van der Waals surface area contributed by atoms with E-state index in [1.807, 2.05) is 6.92 Å². The highest BCUT2D eigenvalue weighted by Gasteiger charge is 2.24. The van der Waals surface area contributed by atoms with Crippen LogP contribution in [0.1, 0.15) is 57.3 Å². The third-order valence-corrected chi connectivity index (χ3v) is 5.53. The molecule has 2 amide bonds. The van der Waals surface area contributed by atoms with E-state index in [0.29, 0.717) is 22.7 Å². The van der Waals surface area contributed by atoms with Crippen LogP contribution in [0.4, 0.5) is 5.00 Å². The summed E-state index contributed by atoms with van der Waals surface area (Å²) in [6, 6.07) is 6.94. The van der Waals surface area contributed by atoms with Gasteiger partial charge in [-0.1, -0.05) is 6.42 Å². The normalized spacial score (nSPS) is 13.6. The van der Waals surface area contributed by atoms with E-state index in [-0.39, 0.29) is 5.91 Å². The number of ether oxygens (including phenoxy) is 1. The molecule has 1 aliphatic carbocycles. The lowest BCUT2D eigenvalue weighted by Crippen LogP contribution is -2.18. The first kappa shape index (κ1) is 17.5. The quantitative estimate of drug-likeness (QED) is 0.798. The van der Waals surface area contributed by atoms with Crippen molar-refractivity contribution in [2.24, 2.45) is 5.73 Å². The molecule has 0 spiro atoms. The lowest BCUT2D eigenvalue weighted by molar-refractivity contribution is 0.100. The highest BCUT2D eigenvalue weighted by atomic mass is 32.1. The summed E-state index contributed by atoms with van der Waals surface area (Å²) < 4.78 is 5.39. The number of aryl methyl sites for hydroxylation is 1. The van der Waals surface area contributed by atoms with Gasteiger partial charge in [0, 0.05) is 10.4 Å². The smallest absolute Gasteiger partial charge is 0.256 e. The molecular weight excluding hydrogens is 336 g/mol. The van der Waals surface area contributed by atoms with Gasteiger partial charge in [0.2, 0.25) is 0 Å². The minimum Gasteiger partial charge on any atom is -0.494 e. The van der Waals surface area contributed by atoms with Gasteiger partial charge in [-0.15, -0.1) is 11.3 Å². The Hall–Kier alpha value is -2.34. The lowest BCUT2D eigenvalue weighted by atomic mass is 10.1. The van der Waals surface area contributed by atoms with Crippen LogP contribution < -0.4 is 15.8 Å². The van der Waals surface area contributed by atoms with Crippen LogP contribution in [0.3, 0.4) is 0 Å². The maximum atomic E-state index is 12.5. The van der Waals surface area contributed by atoms with E-state index in [1.54, 1.807) is 24.3 Å². The third-order valence-electron chi connectivity index (χ3n) is 4.32. The Bertz CT molecular complexity index is 781. The fraction of sp³-hybridized carbons (Fsp3) is 0.368. The highest BCUT2D eigenvalue weighted by molar-refractivity contribution is 7.17. The first-order chi connectivity index (χ1) is 12.1. The summed E-state index contributed by atoms with van der Waals surface area (Å²) in [4.78, 5) is 25.7. The monoisotopic (exact) mass is 358 g/mol. The summed E-state index contributed by atoms with van der Waals surface area (Å²) in [7, 11) is 0. The number of rotatable bonds is 5. The second-order valence-electron chi connectivity index (χ2n) is 6.04. The number of amides is 2.